The number of likely N-dealkylation sites (N-methyl/N-ethyl adjacent to an activating group) is 1. The summed E-state index contributed by atoms with van der Waals surface area (Å²) in [7, 11) is 3.66. The largest absolute Gasteiger partial charge is 0.382 e. The third-order valence-electron chi connectivity index (χ3n) is 5.34. The molecule has 1 rings (SSSR count). The highest BCUT2D eigenvalue weighted by Gasteiger charge is 2.34. The summed E-state index contributed by atoms with van der Waals surface area (Å²) in [5.74, 6) is 1.16. The van der Waals surface area contributed by atoms with Gasteiger partial charge in [-0.3, -0.25) is 4.79 Å². The fourth-order valence-corrected chi connectivity index (χ4v) is 5.32. The molecular formula is C22H43N3O5S. The van der Waals surface area contributed by atoms with Crippen molar-refractivity contribution in [2.24, 2.45) is 0 Å². The minimum absolute atomic E-state index is 0.109. The van der Waals surface area contributed by atoms with E-state index in [-0.39, 0.29) is 5.91 Å². The number of carbonyl (C=O) groups excluding carboxylic acids is 2. The summed E-state index contributed by atoms with van der Waals surface area (Å²) in [6.07, 6.45) is 7.89. The Morgan fingerprint density at radius 2 is 1.81 bits per heavy atom. The van der Waals surface area contributed by atoms with Crippen LogP contribution >= 0.6 is 11.8 Å². The Morgan fingerprint density at radius 1 is 1.03 bits per heavy atom. The van der Waals surface area contributed by atoms with E-state index in [1.807, 2.05) is 18.8 Å². The first-order valence-electron chi connectivity index (χ1n) is 11.6. The predicted molar refractivity (Wildman–Crippen MR) is 126 cm³/mol. The van der Waals surface area contributed by atoms with Gasteiger partial charge in [-0.05, 0) is 26.3 Å². The maximum Gasteiger partial charge on any atom is 0.220 e. The van der Waals surface area contributed by atoms with E-state index in [1.165, 1.54) is 12.8 Å². The van der Waals surface area contributed by atoms with Crippen LogP contribution in [-0.2, 0) is 23.8 Å². The highest BCUT2D eigenvalue weighted by Crippen LogP contribution is 2.31. The van der Waals surface area contributed by atoms with E-state index in [0.29, 0.717) is 69.9 Å². The number of ether oxygens (including phenoxy) is 3. The highest BCUT2D eigenvalue weighted by molar-refractivity contribution is 8.00. The molecule has 0 spiro atoms. The van der Waals surface area contributed by atoms with Gasteiger partial charge in [-0.1, -0.05) is 19.3 Å². The zero-order valence-electron chi connectivity index (χ0n) is 19.4. The molecule has 0 bridgehead atoms. The quantitative estimate of drug-likeness (QED) is 0.174. The molecule has 3 N–H and O–H groups in total. The maximum atomic E-state index is 11.9. The van der Waals surface area contributed by atoms with Gasteiger partial charge in [0.05, 0.1) is 26.4 Å². The van der Waals surface area contributed by atoms with Crippen LogP contribution < -0.4 is 16.0 Å². The molecule has 9 heteroatoms. The molecule has 0 radical (unpaired) electrons. The Labute approximate surface area is 192 Å². The van der Waals surface area contributed by atoms with Gasteiger partial charge < -0.3 is 35.0 Å². The zero-order chi connectivity index (χ0) is 22.6. The van der Waals surface area contributed by atoms with Gasteiger partial charge in [-0.2, -0.15) is 11.8 Å². The van der Waals surface area contributed by atoms with E-state index in [1.54, 1.807) is 7.11 Å². The number of methoxy groups -OCH3 is 1. The van der Waals surface area contributed by atoms with Crippen molar-refractivity contribution in [1.82, 2.24) is 16.0 Å². The molecule has 1 aliphatic rings. The van der Waals surface area contributed by atoms with Gasteiger partial charge in [0.15, 0.2) is 0 Å². The molecule has 0 saturated carbocycles. The van der Waals surface area contributed by atoms with E-state index in [0.717, 1.165) is 37.7 Å². The first-order chi connectivity index (χ1) is 15.2. The summed E-state index contributed by atoms with van der Waals surface area (Å²) in [4.78, 5) is 22.5. The van der Waals surface area contributed by atoms with Gasteiger partial charge in [0.25, 0.3) is 0 Å². The lowest BCUT2D eigenvalue weighted by molar-refractivity contribution is -0.121. The minimum atomic E-state index is 0.109. The third-order valence-corrected chi connectivity index (χ3v) is 6.85. The first kappa shape index (κ1) is 28.3. The van der Waals surface area contributed by atoms with Crippen molar-refractivity contribution in [2.75, 3.05) is 66.0 Å². The lowest BCUT2D eigenvalue weighted by Crippen LogP contribution is -2.49. The normalized spacial score (nSPS) is 20.8. The summed E-state index contributed by atoms with van der Waals surface area (Å²) in [5.41, 5.74) is 0. The second-order valence-corrected chi connectivity index (χ2v) is 9.01. The smallest absolute Gasteiger partial charge is 0.220 e. The van der Waals surface area contributed by atoms with Gasteiger partial charge in [-0.15, -0.1) is 0 Å². The second-order valence-electron chi connectivity index (χ2n) is 7.74. The molecule has 8 nitrogen and oxygen atoms in total. The molecule has 182 valence electrons. The average Bonchev–Trinajstić information content (AvgIpc) is 3.17. The van der Waals surface area contributed by atoms with Crippen molar-refractivity contribution in [3.8, 4) is 0 Å². The van der Waals surface area contributed by atoms with Crippen molar-refractivity contribution in [2.45, 2.75) is 62.3 Å². The molecule has 1 heterocycles. The molecule has 1 saturated heterocycles. The van der Waals surface area contributed by atoms with E-state index in [2.05, 4.69) is 16.0 Å². The number of thioether (sulfide) groups is 1. The number of rotatable bonds is 21. The van der Waals surface area contributed by atoms with Crippen molar-refractivity contribution >= 4 is 24.0 Å². The topological polar surface area (TPSA) is 97.9 Å². The Kier molecular flexibility index (Phi) is 18.2. The number of nitrogens with one attached hydrogen (secondary N) is 3. The fourth-order valence-electron chi connectivity index (χ4n) is 3.67. The van der Waals surface area contributed by atoms with Crippen molar-refractivity contribution in [1.29, 1.82) is 0 Å². The molecule has 1 fully saturated rings. The number of amides is 1. The van der Waals surface area contributed by atoms with E-state index >= 15 is 0 Å². The van der Waals surface area contributed by atoms with Gasteiger partial charge >= 0.3 is 0 Å². The second kappa shape index (κ2) is 19.9. The molecule has 3 atom stereocenters. The number of aldehydes is 1. The summed E-state index contributed by atoms with van der Waals surface area (Å²) < 4.78 is 15.7. The van der Waals surface area contributed by atoms with Crippen LogP contribution in [0.3, 0.4) is 0 Å². The monoisotopic (exact) mass is 461 g/mol. The Balaban J connectivity index is 1.91. The van der Waals surface area contributed by atoms with Crippen LogP contribution in [0.2, 0.25) is 0 Å². The summed E-state index contributed by atoms with van der Waals surface area (Å²) >= 11 is 1.99. The van der Waals surface area contributed by atoms with Crippen LogP contribution in [0.25, 0.3) is 0 Å². The lowest BCUT2D eigenvalue weighted by atomic mass is 10.0. The third kappa shape index (κ3) is 14.1. The standard InChI is InChI=1S/C22H43N3O5S/c1-23-22-19(24-10-12-26)18-31-20(22)8-5-3-4-6-9-21(27)25-11-15-29-13-7-14-30-17-16-28-2/h12,19-20,22-24H,3-11,13-18H2,1-2H3,(H,25,27)/t19-,20-,22-/m0/s1. The Hall–Kier alpha value is -0.710. The van der Waals surface area contributed by atoms with E-state index < -0.39 is 0 Å². The first-order valence-corrected chi connectivity index (χ1v) is 12.6. The predicted octanol–water partition coefficient (Wildman–Crippen LogP) is 1.37. The molecular weight excluding hydrogens is 418 g/mol. The minimum Gasteiger partial charge on any atom is -0.382 e. The SMILES string of the molecule is CN[C@H]1[C@@H](NCC=O)CS[C@H]1CCCCCCC(=O)NCCOCCCOCCOC. The van der Waals surface area contributed by atoms with Crippen LogP contribution in [0.1, 0.15) is 44.9 Å². The van der Waals surface area contributed by atoms with Gasteiger partial charge in [-0.25, -0.2) is 0 Å². The Morgan fingerprint density at radius 3 is 2.55 bits per heavy atom. The molecule has 0 aromatic carbocycles. The van der Waals surface area contributed by atoms with Crippen molar-refractivity contribution < 1.29 is 23.8 Å². The molecule has 0 unspecified atom stereocenters. The van der Waals surface area contributed by atoms with Crippen molar-refractivity contribution in [3.63, 3.8) is 0 Å². The maximum absolute atomic E-state index is 11.9. The van der Waals surface area contributed by atoms with Crippen LogP contribution in [0.4, 0.5) is 0 Å². The van der Waals surface area contributed by atoms with Crippen molar-refractivity contribution in [3.05, 3.63) is 0 Å². The van der Waals surface area contributed by atoms with Crippen LogP contribution in [0, 0.1) is 0 Å². The van der Waals surface area contributed by atoms with Gasteiger partial charge in [0.2, 0.25) is 5.91 Å². The Bertz CT molecular complexity index is 459. The summed E-state index contributed by atoms with van der Waals surface area (Å²) in [5, 5.41) is 10.2. The van der Waals surface area contributed by atoms with E-state index in [4.69, 9.17) is 14.2 Å². The van der Waals surface area contributed by atoms with Crippen LogP contribution in [0.5, 0.6) is 0 Å². The highest BCUT2D eigenvalue weighted by atomic mass is 32.2. The zero-order valence-corrected chi connectivity index (χ0v) is 20.2. The molecule has 31 heavy (non-hydrogen) atoms. The van der Waals surface area contributed by atoms with Crippen LogP contribution in [0.15, 0.2) is 0 Å². The molecule has 0 aliphatic carbocycles. The van der Waals surface area contributed by atoms with E-state index in [9.17, 15) is 9.59 Å². The lowest BCUT2D eigenvalue weighted by Gasteiger charge is -2.23. The number of carbonyl (C=O) groups is 2. The van der Waals surface area contributed by atoms with Crippen LogP contribution in [-0.4, -0.2) is 95.6 Å². The summed E-state index contributed by atoms with van der Waals surface area (Å²) in [6, 6.07) is 0.785. The number of unbranched alkanes of at least 4 members (excludes halogenated alkanes) is 3. The number of hydrogen-bond donors (Lipinski definition) is 3. The van der Waals surface area contributed by atoms with Gasteiger partial charge in [0, 0.05) is 56.4 Å². The molecule has 1 amide bonds. The molecule has 0 aromatic heterocycles. The average molecular weight is 462 g/mol. The number of hydrogen-bond acceptors (Lipinski definition) is 8. The molecule has 0 aromatic rings. The van der Waals surface area contributed by atoms with Gasteiger partial charge in [0.1, 0.15) is 6.29 Å². The fraction of sp³-hybridized carbons (Fsp3) is 0.909. The molecule has 1 aliphatic heterocycles. The summed E-state index contributed by atoms with van der Waals surface area (Å²) in [6.45, 7) is 4.07.